The second kappa shape index (κ2) is 5.81. The van der Waals surface area contributed by atoms with Crippen molar-refractivity contribution < 1.29 is 9.18 Å². The van der Waals surface area contributed by atoms with Gasteiger partial charge in [0.15, 0.2) is 0 Å². The third-order valence-electron chi connectivity index (χ3n) is 3.35. The molecule has 0 atom stereocenters. The Hall–Kier alpha value is -2.95. The molecule has 3 aromatic rings. The number of carbonyl (C=O) groups excluding carboxylic acids is 1. The highest BCUT2D eigenvalue weighted by molar-refractivity contribution is 6.04. The monoisotopic (exact) mass is 295 g/mol. The Morgan fingerprint density at radius 1 is 1.09 bits per heavy atom. The van der Waals surface area contributed by atoms with Crippen molar-refractivity contribution in [2.75, 3.05) is 5.32 Å². The van der Waals surface area contributed by atoms with Crippen LogP contribution in [0.25, 0.3) is 11.1 Å². The van der Waals surface area contributed by atoms with E-state index in [9.17, 15) is 9.18 Å². The molecule has 0 spiro atoms. The summed E-state index contributed by atoms with van der Waals surface area (Å²) in [5.41, 5.74) is 2.77. The molecule has 1 aromatic heterocycles. The van der Waals surface area contributed by atoms with Crippen LogP contribution in [0.1, 0.15) is 15.9 Å². The summed E-state index contributed by atoms with van der Waals surface area (Å²) in [6.07, 6.45) is 1.51. The smallest absolute Gasteiger partial charge is 0.259 e. The zero-order valence-electron chi connectivity index (χ0n) is 11.9. The fourth-order valence-electron chi connectivity index (χ4n) is 2.14. The van der Waals surface area contributed by atoms with E-state index < -0.39 is 11.7 Å². The maximum Gasteiger partial charge on any atom is 0.259 e. The Balaban J connectivity index is 1.85. The molecule has 2 aromatic carbocycles. The molecule has 0 saturated heterocycles. The first-order valence-electron chi connectivity index (χ1n) is 6.81. The van der Waals surface area contributed by atoms with Gasteiger partial charge in [0.2, 0.25) is 0 Å². The zero-order valence-corrected chi connectivity index (χ0v) is 11.9. The maximum absolute atomic E-state index is 14.2. The van der Waals surface area contributed by atoms with Crippen LogP contribution in [-0.4, -0.2) is 16.1 Å². The normalized spacial score (nSPS) is 10.5. The molecule has 0 radical (unpaired) electrons. The molecule has 0 aliphatic carbocycles. The van der Waals surface area contributed by atoms with Crippen LogP contribution in [0.2, 0.25) is 0 Å². The fourth-order valence-corrected chi connectivity index (χ4v) is 2.14. The first-order valence-corrected chi connectivity index (χ1v) is 6.81. The van der Waals surface area contributed by atoms with Crippen LogP contribution >= 0.6 is 0 Å². The van der Waals surface area contributed by atoms with E-state index in [2.05, 4.69) is 15.5 Å². The average Bonchev–Trinajstić information content (AvgIpc) is 3.00. The number of aromatic nitrogens is 2. The molecule has 4 nitrogen and oxygen atoms in total. The first-order chi connectivity index (χ1) is 10.6. The number of benzene rings is 2. The second-order valence-electron chi connectivity index (χ2n) is 4.99. The van der Waals surface area contributed by atoms with E-state index in [1.165, 1.54) is 18.3 Å². The summed E-state index contributed by atoms with van der Waals surface area (Å²) in [7, 11) is 0. The van der Waals surface area contributed by atoms with Gasteiger partial charge >= 0.3 is 0 Å². The number of H-pyrrole nitrogens is 1. The van der Waals surface area contributed by atoms with Gasteiger partial charge < -0.3 is 5.32 Å². The van der Waals surface area contributed by atoms with Crippen LogP contribution in [0.3, 0.4) is 0 Å². The lowest BCUT2D eigenvalue weighted by Crippen LogP contribution is -2.14. The van der Waals surface area contributed by atoms with E-state index in [0.29, 0.717) is 5.82 Å². The van der Waals surface area contributed by atoms with Crippen molar-refractivity contribution >= 4 is 11.7 Å². The lowest BCUT2D eigenvalue weighted by Gasteiger charge is -2.07. The number of nitrogens with one attached hydrogen (secondary N) is 2. The Labute approximate surface area is 127 Å². The zero-order chi connectivity index (χ0) is 15.5. The molecule has 1 heterocycles. The van der Waals surface area contributed by atoms with E-state index in [0.717, 1.165) is 16.7 Å². The Bertz CT molecular complexity index is 795. The number of aromatic amines is 1. The second-order valence-corrected chi connectivity index (χ2v) is 4.99. The van der Waals surface area contributed by atoms with E-state index in [-0.39, 0.29) is 5.56 Å². The van der Waals surface area contributed by atoms with Crippen molar-refractivity contribution in [2.45, 2.75) is 6.92 Å². The van der Waals surface area contributed by atoms with Crippen LogP contribution in [0.15, 0.2) is 54.7 Å². The number of hydrogen-bond donors (Lipinski definition) is 2. The minimum atomic E-state index is -0.560. The van der Waals surface area contributed by atoms with Crippen molar-refractivity contribution in [1.29, 1.82) is 0 Å². The molecule has 110 valence electrons. The van der Waals surface area contributed by atoms with Gasteiger partial charge in [0.1, 0.15) is 11.6 Å². The highest BCUT2D eigenvalue weighted by atomic mass is 19.1. The summed E-state index contributed by atoms with van der Waals surface area (Å²) in [5, 5.41) is 8.86. The van der Waals surface area contributed by atoms with Crippen LogP contribution < -0.4 is 5.32 Å². The van der Waals surface area contributed by atoms with Crippen molar-refractivity contribution in [1.82, 2.24) is 10.2 Å². The number of carbonyl (C=O) groups is 1. The predicted octanol–water partition coefficient (Wildman–Crippen LogP) is 3.78. The van der Waals surface area contributed by atoms with Crippen LogP contribution in [0.5, 0.6) is 0 Å². The molecule has 22 heavy (non-hydrogen) atoms. The topological polar surface area (TPSA) is 57.8 Å². The van der Waals surface area contributed by atoms with Gasteiger partial charge in [-0.05, 0) is 30.2 Å². The molecule has 0 saturated carbocycles. The lowest BCUT2D eigenvalue weighted by atomic mass is 10.0. The van der Waals surface area contributed by atoms with Crippen molar-refractivity contribution in [3.8, 4) is 11.1 Å². The minimum absolute atomic E-state index is 0.00883. The molecule has 0 fully saturated rings. The summed E-state index contributed by atoms with van der Waals surface area (Å²) < 4.78 is 14.2. The number of nitrogens with zero attached hydrogens (tertiary/aromatic N) is 1. The SMILES string of the molecule is Cc1ccc(-c2ccc(C(=O)Nc3ccn[nH]3)c(F)c2)cc1. The van der Waals surface area contributed by atoms with Crippen LogP contribution in [-0.2, 0) is 0 Å². The first kappa shape index (κ1) is 14.0. The Morgan fingerprint density at radius 2 is 1.82 bits per heavy atom. The summed E-state index contributed by atoms with van der Waals surface area (Å²) in [4.78, 5) is 12.0. The molecule has 1 amide bonds. The number of rotatable bonds is 3. The molecule has 3 rings (SSSR count). The van der Waals surface area contributed by atoms with Gasteiger partial charge in [0.05, 0.1) is 11.8 Å². The standard InChI is InChI=1S/C17H14FN3O/c1-11-2-4-12(5-3-11)13-6-7-14(15(18)10-13)17(22)20-16-8-9-19-21-16/h2-10H,1H3,(H2,19,20,21,22). The van der Waals surface area contributed by atoms with Crippen LogP contribution in [0, 0.1) is 12.7 Å². The van der Waals surface area contributed by atoms with Gasteiger partial charge in [0, 0.05) is 6.07 Å². The lowest BCUT2D eigenvalue weighted by molar-refractivity contribution is 0.102. The van der Waals surface area contributed by atoms with Crippen molar-refractivity contribution in [3.05, 3.63) is 71.7 Å². The minimum Gasteiger partial charge on any atom is -0.307 e. The number of hydrogen-bond acceptors (Lipinski definition) is 2. The van der Waals surface area contributed by atoms with Gasteiger partial charge in [-0.1, -0.05) is 35.9 Å². The predicted molar refractivity (Wildman–Crippen MR) is 83.1 cm³/mol. The average molecular weight is 295 g/mol. The Kier molecular flexibility index (Phi) is 3.70. The highest BCUT2D eigenvalue weighted by Crippen LogP contribution is 2.22. The number of anilines is 1. The van der Waals surface area contributed by atoms with Gasteiger partial charge in [-0.15, -0.1) is 0 Å². The van der Waals surface area contributed by atoms with Crippen molar-refractivity contribution in [3.63, 3.8) is 0 Å². The summed E-state index contributed by atoms with van der Waals surface area (Å²) >= 11 is 0. The number of halogens is 1. The third kappa shape index (κ3) is 2.88. The van der Waals surface area contributed by atoms with Crippen LogP contribution in [0.4, 0.5) is 10.2 Å². The molecule has 0 bridgehead atoms. The summed E-state index contributed by atoms with van der Waals surface area (Å²) in [6, 6.07) is 14.0. The molecule has 0 aliphatic heterocycles. The van der Waals surface area contributed by atoms with Crippen molar-refractivity contribution in [2.24, 2.45) is 0 Å². The number of aryl methyl sites for hydroxylation is 1. The van der Waals surface area contributed by atoms with Gasteiger partial charge in [-0.25, -0.2) is 4.39 Å². The quantitative estimate of drug-likeness (QED) is 0.772. The molecular weight excluding hydrogens is 281 g/mol. The van der Waals surface area contributed by atoms with Gasteiger partial charge in [-0.2, -0.15) is 5.10 Å². The Morgan fingerprint density at radius 3 is 2.45 bits per heavy atom. The fraction of sp³-hybridized carbons (Fsp3) is 0.0588. The number of amides is 1. The molecule has 5 heteroatoms. The third-order valence-corrected chi connectivity index (χ3v) is 3.35. The summed E-state index contributed by atoms with van der Waals surface area (Å²) in [6.45, 7) is 1.99. The van der Waals surface area contributed by atoms with Gasteiger partial charge in [-0.3, -0.25) is 9.89 Å². The largest absolute Gasteiger partial charge is 0.307 e. The van der Waals surface area contributed by atoms with Gasteiger partial charge in [0.25, 0.3) is 5.91 Å². The maximum atomic E-state index is 14.2. The molecule has 0 unspecified atom stereocenters. The molecular formula is C17H14FN3O. The van der Waals surface area contributed by atoms with E-state index in [1.807, 2.05) is 31.2 Å². The van der Waals surface area contributed by atoms with E-state index >= 15 is 0 Å². The highest BCUT2D eigenvalue weighted by Gasteiger charge is 2.13. The summed E-state index contributed by atoms with van der Waals surface area (Å²) in [5.74, 6) is -0.653. The van der Waals surface area contributed by atoms with E-state index in [1.54, 1.807) is 12.1 Å². The molecule has 0 aliphatic rings. The molecule has 2 N–H and O–H groups in total. The van der Waals surface area contributed by atoms with E-state index in [4.69, 9.17) is 0 Å².